The third-order valence-corrected chi connectivity index (χ3v) is 5.02. The molecule has 110 valence electrons. The van der Waals surface area contributed by atoms with Crippen LogP contribution in [0.5, 0.6) is 0 Å². The zero-order chi connectivity index (χ0) is 14.9. The SMILES string of the molecule is C[C@H]1Cc2cc(S(=O)(=O)NCc3ccccc3)ccc2N1. The maximum atomic E-state index is 12.4. The molecule has 0 fully saturated rings. The van der Waals surface area contributed by atoms with E-state index in [1.165, 1.54) is 0 Å². The maximum Gasteiger partial charge on any atom is 0.240 e. The second kappa shape index (κ2) is 5.50. The second-order valence-corrected chi connectivity index (χ2v) is 7.15. The molecule has 0 saturated carbocycles. The van der Waals surface area contributed by atoms with E-state index < -0.39 is 10.0 Å². The third-order valence-electron chi connectivity index (χ3n) is 3.62. The highest BCUT2D eigenvalue weighted by Gasteiger charge is 2.20. The van der Waals surface area contributed by atoms with E-state index in [9.17, 15) is 8.42 Å². The summed E-state index contributed by atoms with van der Waals surface area (Å²) in [6.07, 6.45) is 0.859. The third kappa shape index (κ3) is 3.09. The van der Waals surface area contributed by atoms with Crippen LogP contribution in [0.15, 0.2) is 53.4 Å². The first-order valence-electron chi connectivity index (χ1n) is 6.98. The molecule has 1 atom stereocenters. The largest absolute Gasteiger partial charge is 0.382 e. The van der Waals surface area contributed by atoms with Crippen molar-refractivity contribution >= 4 is 15.7 Å². The maximum absolute atomic E-state index is 12.4. The topological polar surface area (TPSA) is 58.2 Å². The average Bonchev–Trinajstić information content (AvgIpc) is 2.85. The molecule has 0 amide bonds. The van der Waals surface area contributed by atoms with E-state index in [1.807, 2.05) is 36.4 Å². The molecule has 2 N–H and O–H groups in total. The van der Waals surface area contributed by atoms with Crippen LogP contribution < -0.4 is 10.0 Å². The molecule has 0 radical (unpaired) electrons. The summed E-state index contributed by atoms with van der Waals surface area (Å²) < 4.78 is 27.4. The first kappa shape index (κ1) is 14.1. The Balaban J connectivity index is 1.78. The quantitative estimate of drug-likeness (QED) is 0.912. The molecule has 1 heterocycles. The monoisotopic (exact) mass is 302 g/mol. The normalized spacial score (nSPS) is 17.3. The lowest BCUT2D eigenvalue weighted by atomic mass is 10.1. The van der Waals surface area contributed by atoms with Crippen LogP contribution in [0.1, 0.15) is 18.1 Å². The van der Waals surface area contributed by atoms with E-state index in [-0.39, 0.29) is 0 Å². The molecular weight excluding hydrogens is 284 g/mol. The number of hydrogen-bond acceptors (Lipinski definition) is 3. The van der Waals surface area contributed by atoms with E-state index >= 15 is 0 Å². The van der Waals surface area contributed by atoms with Crippen molar-refractivity contribution in [1.29, 1.82) is 0 Å². The molecule has 0 aromatic heterocycles. The summed E-state index contributed by atoms with van der Waals surface area (Å²) in [6, 6.07) is 15.1. The van der Waals surface area contributed by atoms with Gasteiger partial charge in [0.15, 0.2) is 0 Å². The number of anilines is 1. The molecule has 2 aromatic carbocycles. The van der Waals surface area contributed by atoms with E-state index in [0.717, 1.165) is 23.2 Å². The van der Waals surface area contributed by atoms with Crippen molar-refractivity contribution in [3.05, 3.63) is 59.7 Å². The van der Waals surface area contributed by atoms with Crippen LogP contribution in [0.25, 0.3) is 0 Å². The van der Waals surface area contributed by atoms with Gasteiger partial charge in [0.05, 0.1) is 4.90 Å². The van der Waals surface area contributed by atoms with Gasteiger partial charge in [-0.3, -0.25) is 0 Å². The van der Waals surface area contributed by atoms with E-state index in [2.05, 4.69) is 17.0 Å². The lowest BCUT2D eigenvalue weighted by Gasteiger charge is -2.08. The summed E-state index contributed by atoms with van der Waals surface area (Å²) >= 11 is 0. The minimum Gasteiger partial charge on any atom is -0.382 e. The lowest BCUT2D eigenvalue weighted by molar-refractivity contribution is 0.581. The molecule has 21 heavy (non-hydrogen) atoms. The molecule has 1 aliphatic rings. The minimum absolute atomic E-state index is 0.301. The van der Waals surface area contributed by atoms with Crippen molar-refractivity contribution in [2.75, 3.05) is 5.32 Å². The minimum atomic E-state index is -3.48. The smallest absolute Gasteiger partial charge is 0.240 e. The Morgan fingerprint density at radius 3 is 2.71 bits per heavy atom. The highest BCUT2D eigenvalue weighted by atomic mass is 32.2. The molecule has 1 aliphatic heterocycles. The number of rotatable bonds is 4. The van der Waals surface area contributed by atoms with Gasteiger partial charge in [0.2, 0.25) is 10.0 Å². The summed E-state index contributed by atoms with van der Waals surface area (Å²) in [5, 5.41) is 3.32. The number of sulfonamides is 1. The first-order chi connectivity index (χ1) is 10.0. The van der Waals surface area contributed by atoms with Crippen molar-refractivity contribution in [2.45, 2.75) is 30.8 Å². The van der Waals surface area contributed by atoms with E-state index in [4.69, 9.17) is 0 Å². The fraction of sp³-hybridized carbons (Fsp3) is 0.250. The number of fused-ring (bicyclic) bond motifs is 1. The van der Waals surface area contributed by atoms with Crippen LogP contribution in [0, 0.1) is 0 Å². The second-order valence-electron chi connectivity index (χ2n) is 5.38. The molecule has 2 aromatic rings. The Labute approximate surface area is 125 Å². The first-order valence-corrected chi connectivity index (χ1v) is 8.46. The Morgan fingerprint density at radius 2 is 1.95 bits per heavy atom. The van der Waals surface area contributed by atoms with Crippen LogP contribution in [0.3, 0.4) is 0 Å². The Morgan fingerprint density at radius 1 is 1.19 bits per heavy atom. The summed E-state index contributed by atoms with van der Waals surface area (Å²) in [4.78, 5) is 0.327. The molecule has 0 aliphatic carbocycles. The van der Waals surface area contributed by atoms with Gasteiger partial charge in [-0.2, -0.15) is 0 Å². The fourth-order valence-corrected chi connectivity index (χ4v) is 3.62. The van der Waals surface area contributed by atoms with Crippen molar-refractivity contribution in [2.24, 2.45) is 0 Å². The van der Waals surface area contributed by atoms with Gasteiger partial charge in [0, 0.05) is 18.3 Å². The lowest BCUT2D eigenvalue weighted by Crippen LogP contribution is -2.23. The number of benzene rings is 2. The predicted octanol–water partition coefficient (Wildman–Crippen LogP) is 2.52. The van der Waals surface area contributed by atoms with Crippen molar-refractivity contribution in [3.8, 4) is 0 Å². The highest BCUT2D eigenvalue weighted by molar-refractivity contribution is 7.89. The van der Waals surface area contributed by atoms with Crippen LogP contribution >= 0.6 is 0 Å². The summed E-state index contributed by atoms with van der Waals surface area (Å²) in [5.74, 6) is 0. The number of nitrogens with one attached hydrogen (secondary N) is 2. The van der Waals surface area contributed by atoms with Gasteiger partial charge in [0.1, 0.15) is 0 Å². The van der Waals surface area contributed by atoms with E-state index in [1.54, 1.807) is 12.1 Å². The van der Waals surface area contributed by atoms with Crippen LogP contribution in [0.2, 0.25) is 0 Å². The molecular formula is C16H18N2O2S. The zero-order valence-electron chi connectivity index (χ0n) is 11.8. The Bertz CT molecular complexity index is 742. The van der Waals surface area contributed by atoms with Gasteiger partial charge in [0.25, 0.3) is 0 Å². The summed E-state index contributed by atoms with van der Waals surface area (Å²) in [6.45, 7) is 2.39. The molecule has 0 spiro atoms. The van der Waals surface area contributed by atoms with Gasteiger partial charge >= 0.3 is 0 Å². The molecule has 5 heteroatoms. The predicted molar refractivity (Wildman–Crippen MR) is 83.7 cm³/mol. The molecule has 4 nitrogen and oxygen atoms in total. The fourth-order valence-electron chi connectivity index (χ4n) is 2.55. The molecule has 0 bridgehead atoms. The molecule has 0 unspecified atom stereocenters. The summed E-state index contributed by atoms with van der Waals surface area (Å²) in [7, 11) is -3.48. The van der Waals surface area contributed by atoms with E-state index in [0.29, 0.717) is 17.5 Å². The van der Waals surface area contributed by atoms with Crippen LogP contribution in [0.4, 0.5) is 5.69 Å². The summed E-state index contributed by atoms with van der Waals surface area (Å²) in [5.41, 5.74) is 3.03. The van der Waals surface area contributed by atoms with Crippen molar-refractivity contribution in [1.82, 2.24) is 4.72 Å². The van der Waals surface area contributed by atoms with Gasteiger partial charge < -0.3 is 5.32 Å². The van der Waals surface area contributed by atoms with Gasteiger partial charge in [-0.1, -0.05) is 30.3 Å². The number of hydrogen-bond donors (Lipinski definition) is 2. The zero-order valence-corrected chi connectivity index (χ0v) is 12.7. The molecule has 0 saturated heterocycles. The Hall–Kier alpha value is -1.85. The highest BCUT2D eigenvalue weighted by Crippen LogP contribution is 2.28. The van der Waals surface area contributed by atoms with Crippen molar-refractivity contribution < 1.29 is 8.42 Å². The Kier molecular flexibility index (Phi) is 3.69. The van der Waals surface area contributed by atoms with Gasteiger partial charge in [-0.25, -0.2) is 13.1 Å². The van der Waals surface area contributed by atoms with Gasteiger partial charge in [-0.15, -0.1) is 0 Å². The van der Waals surface area contributed by atoms with Crippen LogP contribution in [-0.4, -0.2) is 14.5 Å². The van der Waals surface area contributed by atoms with Gasteiger partial charge in [-0.05, 0) is 42.7 Å². The average molecular weight is 302 g/mol. The van der Waals surface area contributed by atoms with Crippen LogP contribution in [-0.2, 0) is 23.0 Å². The standard InChI is InChI=1S/C16H18N2O2S/c1-12-9-14-10-15(7-8-16(14)18-12)21(19,20)17-11-13-5-3-2-4-6-13/h2-8,10,12,17-18H,9,11H2,1H3/t12-/m0/s1. The molecule has 3 rings (SSSR count). The van der Waals surface area contributed by atoms with Crippen molar-refractivity contribution in [3.63, 3.8) is 0 Å².